The molecule has 0 unspecified atom stereocenters. The molecule has 29 heavy (non-hydrogen) atoms. The highest BCUT2D eigenvalue weighted by Crippen LogP contribution is 2.24. The van der Waals surface area contributed by atoms with E-state index in [0.29, 0.717) is 16.7 Å². The van der Waals surface area contributed by atoms with E-state index in [2.05, 4.69) is 4.98 Å². The summed E-state index contributed by atoms with van der Waals surface area (Å²) in [4.78, 5) is 29.4. The predicted octanol–water partition coefficient (Wildman–Crippen LogP) is 4.35. The molecule has 0 aliphatic rings. The average Bonchev–Trinajstić information content (AvgIpc) is 2.80. The topological polar surface area (TPSA) is 61.2 Å². The second kappa shape index (κ2) is 7.94. The van der Waals surface area contributed by atoms with Gasteiger partial charge in [-0.2, -0.15) is 0 Å². The van der Waals surface area contributed by atoms with Gasteiger partial charge in [0, 0.05) is 29.2 Å². The number of aromatic nitrogens is 2. The zero-order chi connectivity index (χ0) is 20.2. The van der Waals surface area contributed by atoms with Crippen LogP contribution in [0.4, 0.5) is 0 Å². The number of esters is 1. The van der Waals surface area contributed by atoms with Crippen LogP contribution in [0.2, 0.25) is 0 Å². The van der Waals surface area contributed by atoms with Crippen LogP contribution in [0, 0.1) is 0 Å². The summed E-state index contributed by atoms with van der Waals surface area (Å²) < 4.78 is 6.37. The van der Waals surface area contributed by atoms with E-state index in [9.17, 15) is 9.59 Å². The molecule has 4 aromatic rings. The molecule has 0 bridgehead atoms. The summed E-state index contributed by atoms with van der Waals surface area (Å²) in [6.07, 6.45) is 3.52. The maximum absolute atomic E-state index is 13.3. The molecule has 2 heterocycles. The Morgan fingerprint density at radius 2 is 1.62 bits per heavy atom. The SMILES string of the molecule is COC(=O)c1ccc(-c2cc(-c3ccccn3)cn(-c3ccccc3)c2=O)cc1. The molecule has 2 aromatic heterocycles. The van der Waals surface area contributed by atoms with E-state index in [1.807, 2.05) is 54.6 Å². The lowest BCUT2D eigenvalue weighted by Crippen LogP contribution is -2.20. The molecule has 0 radical (unpaired) electrons. The van der Waals surface area contributed by atoms with E-state index < -0.39 is 5.97 Å². The molecule has 4 rings (SSSR count). The van der Waals surface area contributed by atoms with Crippen LogP contribution in [0.3, 0.4) is 0 Å². The fourth-order valence-corrected chi connectivity index (χ4v) is 3.15. The van der Waals surface area contributed by atoms with E-state index in [4.69, 9.17) is 4.74 Å². The molecule has 0 amide bonds. The Morgan fingerprint density at radius 3 is 2.28 bits per heavy atom. The normalized spacial score (nSPS) is 10.5. The van der Waals surface area contributed by atoms with Gasteiger partial charge in [0.1, 0.15) is 0 Å². The van der Waals surface area contributed by atoms with Crippen molar-refractivity contribution in [2.24, 2.45) is 0 Å². The van der Waals surface area contributed by atoms with Gasteiger partial charge in [-0.25, -0.2) is 4.79 Å². The van der Waals surface area contributed by atoms with Gasteiger partial charge >= 0.3 is 5.97 Å². The number of hydrogen-bond acceptors (Lipinski definition) is 4. The second-order valence-electron chi connectivity index (χ2n) is 6.44. The second-order valence-corrected chi connectivity index (χ2v) is 6.44. The number of ether oxygens (including phenoxy) is 1. The first-order valence-corrected chi connectivity index (χ1v) is 9.09. The lowest BCUT2D eigenvalue weighted by molar-refractivity contribution is 0.0601. The molecular formula is C24H18N2O3. The zero-order valence-corrected chi connectivity index (χ0v) is 15.8. The number of carbonyl (C=O) groups is 1. The predicted molar refractivity (Wildman–Crippen MR) is 112 cm³/mol. The Hall–Kier alpha value is -3.99. The van der Waals surface area contributed by atoms with Gasteiger partial charge in [0.05, 0.1) is 18.4 Å². The van der Waals surface area contributed by atoms with Crippen LogP contribution in [-0.4, -0.2) is 22.6 Å². The van der Waals surface area contributed by atoms with Crippen LogP contribution in [0.1, 0.15) is 10.4 Å². The fraction of sp³-hybridized carbons (Fsp3) is 0.0417. The van der Waals surface area contributed by atoms with Crippen molar-refractivity contribution in [1.29, 1.82) is 0 Å². The average molecular weight is 382 g/mol. The molecular weight excluding hydrogens is 364 g/mol. The molecule has 5 heteroatoms. The Morgan fingerprint density at radius 1 is 0.897 bits per heavy atom. The summed E-state index contributed by atoms with van der Waals surface area (Å²) in [7, 11) is 1.34. The summed E-state index contributed by atoms with van der Waals surface area (Å²) in [5, 5.41) is 0. The number of carbonyl (C=O) groups excluding carboxylic acids is 1. The molecule has 142 valence electrons. The van der Waals surface area contributed by atoms with Crippen molar-refractivity contribution in [2.45, 2.75) is 0 Å². The lowest BCUT2D eigenvalue weighted by Gasteiger charge is -2.12. The molecule has 0 fully saturated rings. The van der Waals surface area contributed by atoms with Crippen molar-refractivity contribution < 1.29 is 9.53 Å². The van der Waals surface area contributed by atoms with Gasteiger partial charge in [0.2, 0.25) is 0 Å². The van der Waals surface area contributed by atoms with Crippen molar-refractivity contribution in [3.63, 3.8) is 0 Å². The molecule has 0 aliphatic heterocycles. The van der Waals surface area contributed by atoms with Crippen LogP contribution in [0.5, 0.6) is 0 Å². The van der Waals surface area contributed by atoms with E-state index >= 15 is 0 Å². The highest BCUT2D eigenvalue weighted by molar-refractivity contribution is 5.90. The molecule has 0 saturated carbocycles. The zero-order valence-electron chi connectivity index (χ0n) is 15.8. The van der Waals surface area contributed by atoms with Crippen LogP contribution in [-0.2, 0) is 4.74 Å². The number of methoxy groups -OCH3 is 1. The molecule has 0 saturated heterocycles. The van der Waals surface area contributed by atoms with E-state index in [1.54, 1.807) is 41.2 Å². The molecule has 0 aliphatic carbocycles. The summed E-state index contributed by atoms with van der Waals surface area (Å²) in [6.45, 7) is 0. The van der Waals surface area contributed by atoms with Gasteiger partial charge < -0.3 is 4.74 Å². The smallest absolute Gasteiger partial charge is 0.337 e. The fourth-order valence-electron chi connectivity index (χ4n) is 3.15. The van der Waals surface area contributed by atoms with Crippen molar-refractivity contribution in [3.05, 3.63) is 107 Å². The van der Waals surface area contributed by atoms with Crippen LogP contribution >= 0.6 is 0 Å². The maximum Gasteiger partial charge on any atom is 0.337 e. The number of para-hydroxylation sites is 1. The van der Waals surface area contributed by atoms with Gasteiger partial charge in [-0.05, 0) is 48.0 Å². The monoisotopic (exact) mass is 382 g/mol. The summed E-state index contributed by atoms with van der Waals surface area (Å²) in [5.41, 5.74) is 3.87. The Balaban J connectivity index is 1.91. The van der Waals surface area contributed by atoms with Gasteiger partial charge in [-0.1, -0.05) is 36.4 Å². The number of hydrogen-bond donors (Lipinski definition) is 0. The van der Waals surface area contributed by atoms with Crippen molar-refractivity contribution in [3.8, 4) is 28.1 Å². The number of rotatable bonds is 4. The van der Waals surface area contributed by atoms with Gasteiger partial charge in [-0.3, -0.25) is 14.3 Å². The first kappa shape index (κ1) is 18.4. The quantitative estimate of drug-likeness (QED) is 0.492. The van der Waals surface area contributed by atoms with Gasteiger partial charge in [0.25, 0.3) is 5.56 Å². The van der Waals surface area contributed by atoms with Crippen LogP contribution < -0.4 is 5.56 Å². The first-order chi connectivity index (χ1) is 14.2. The highest BCUT2D eigenvalue weighted by Gasteiger charge is 2.13. The van der Waals surface area contributed by atoms with Gasteiger partial charge in [0.15, 0.2) is 0 Å². The minimum absolute atomic E-state index is 0.151. The maximum atomic E-state index is 13.3. The third-order valence-corrected chi connectivity index (χ3v) is 4.63. The van der Waals surface area contributed by atoms with Crippen LogP contribution in [0.25, 0.3) is 28.1 Å². The third-order valence-electron chi connectivity index (χ3n) is 4.63. The Bertz CT molecular complexity index is 1200. The molecule has 0 spiro atoms. The minimum Gasteiger partial charge on any atom is -0.465 e. The molecule has 5 nitrogen and oxygen atoms in total. The largest absolute Gasteiger partial charge is 0.465 e. The molecule has 0 N–H and O–H groups in total. The first-order valence-electron chi connectivity index (χ1n) is 9.09. The lowest BCUT2D eigenvalue weighted by atomic mass is 10.0. The summed E-state index contributed by atoms with van der Waals surface area (Å²) in [6, 6.07) is 23.7. The van der Waals surface area contributed by atoms with Gasteiger partial charge in [-0.15, -0.1) is 0 Å². The third kappa shape index (κ3) is 3.71. The molecule has 2 aromatic carbocycles. The summed E-state index contributed by atoms with van der Waals surface area (Å²) >= 11 is 0. The van der Waals surface area contributed by atoms with Crippen LogP contribution in [0.15, 0.2) is 96.1 Å². The Labute approximate surface area is 167 Å². The highest BCUT2D eigenvalue weighted by atomic mass is 16.5. The number of pyridine rings is 2. The van der Waals surface area contributed by atoms with E-state index in [0.717, 1.165) is 16.9 Å². The van der Waals surface area contributed by atoms with E-state index in [1.165, 1.54) is 7.11 Å². The van der Waals surface area contributed by atoms with Crippen molar-refractivity contribution >= 4 is 5.97 Å². The Kier molecular flexibility index (Phi) is 5.03. The van der Waals surface area contributed by atoms with Crippen molar-refractivity contribution in [2.75, 3.05) is 7.11 Å². The number of nitrogens with zero attached hydrogens (tertiary/aromatic N) is 2. The van der Waals surface area contributed by atoms with Crippen molar-refractivity contribution in [1.82, 2.24) is 9.55 Å². The molecule has 0 atom stereocenters. The standard InChI is InChI=1S/C24H18N2O3/c1-29-24(28)18-12-10-17(11-13-18)21-15-19(22-9-5-6-14-25-22)16-26(23(21)27)20-7-3-2-4-8-20/h2-16H,1H3. The number of benzene rings is 2. The summed E-state index contributed by atoms with van der Waals surface area (Å²) in [5.74, 6) is -0.416. The minimum atomic E-state index is -0.416. The van der Waals surface area contributed by atoms with E-state index in [-0.39, 0.29) is 5.56 Å².